The van der Waals surface area contributed by atoms with Crippen LogP contribution >= 0.6 is 0 Å². The number of carbonyl (C=O) groups excluding carboxylic acids is 2. The lowest BCUT2D eigenvalue weighted by Crippen LogP contribution is -2.36. The zero-order valence-corrected chi connectivity index (χ0v) is 15.6. The van der Waals surface area contributed by atoms with Crippen molar-refractivity contribution in [3.63, 3.8) is 0 Å². The van der Waals surface area contributed by atoms with E-state index in [-0.39, 0.29) is 30.3 Å². The van der Waals surface area contributed by atoms with E-state index in [1.54, 1.807) is 6.07 Å². The van der Waals surface area contributed by atoms with Crippen LogP contribution in [0, 0.1) is 0 Å². The number of aromatic nitrogens is 1. The average Bonchev–Trinajstić information content (AvgIpc) is 3.20. The lowest BCUT2D eigenvalue weighted by atomic mass is 9.95. The van der Waals surface area contributed by atoms with Crippen LogP contribution in [0.25, 0.3) is 0 Å². The fraction of sp³-hybridized carbons (Fsp3) is 0.381. The van der Waals surface area contributed by atoms with Crippen LogP contribution in [0.15, 0.2) is 36.5 Å². The fourth-order valence-corrected chi connectivity index (χ4v) is 3.54. The molecule has 1 aliphatic carbocycles. The second kappa shape index (κ2) is 8.29. The lowest BCUT2D eigenvalue weighted by Gasteiger charge is -2.22. The van der Waals surface area contributed by atoms with Gasteiger partial charge in [-0.25, -0.2) is 0 Å². The van der Waals surface area contributed by atoms with Gasteiger partial charge in [-0.05, 0) is 42.7 Å². The van der Waals surface area contributed by atoms with Gasteiger partial charge in [0, 0.05) is 24.3 Å². The topological polar surface area (TPSA) is 89.6 Å². The van der Waals surface area contributed by atoms with E-state index in [9.17, 15) is 9.59 Å². The molecule has 146 valence electrons. The van der Waals surface area contributed by atoms with E-state index in [2.05, 4.69) is 15.6 Å². The van der Waals surface area contributed by atoms with Gasteiger partial charge < -0.3 is 20.1 Å². The van der Waals surface area contributed by atoms with E-state index in [0.29, 0.717) is 23.6 Å². The molecule has 1 fully saturated rings. The molecule has 0 unspecified atom stereocenters. The van der Waals surface area contributed by atoms with E-state index >= 15 is 0 Å². The largest absolute Gasteiger partial charge is 0.454 e. The first-order valence-corrected chi connectivity index (χ1v) is 9.63. The minimum absolute atomic E-state index is 0.154. The van der Waals surface area contributed by atoms with Gasteiger partial charge >= 0.3 is 0 Å². The van der Waals surface area contributed by atoms with Crippen LogP contribution in [0.4, 0.5) is 0 Å². The number of amides is 2. The van der Waals surface area contributed by atoms with Crippen molar-refractivity contribution < 1.29 is 19.1 Å². The Hall–Kier alpha value is -3.09. The van der Waals surface area contributed by atoms with Gasteiger partial charge in [0.25, 0.3) is 11.8 Å². The van der Waals surface area contributed by atoms with Crippen molar-refractivity contribution in [3.05, 3.63) is 53.3 Å². The van der Waals surface area contributed by atoms with Crippen molar-refractivity contribution in [3.8, 4) is 11.5 Å². The number of pyridine rings is 1. The maximum absolute atomic E-state index is 12.5. The molecule has 0 saturated heterocycles. The molecule has 2 heterocycles. The molecule has 0 spiro atoms. The number of carbonyl (C=O) groups is 2. The molecule has 7 nitrogen and oxygen atoms in total. The summed E-state index contributed by atoms with van der Waals surface area (Å²) in [4.78, 5) is 29.0. The number of fused-ring (bicyclic) bond motifs is 1. The maximum atomic E-state index is 12.5. The number of nitrogens with one attached hydrogen (secondary N) is 2. The van der Waals surface area contributed by atoms with Crippen LogP contribution in [0.3, 0.4) is 0 Å². The van der Waals surface area contributed by atoms with Crippen LogP contribution in [0.1, 0.15) is 58.5 Å². The Morgan fingerprint density at radius 2 is 1.82 bits per heavy atom. The molecule has 4 rings (SSSR count). The summed E-state index contributed by atoms with van der Waals surface area (Å²) in [5.74, 6) is 0.892. The summed E-state index contributed by atoms with van der Waals surface area (Å²) in [5.41, 5.74) is 1.56. The highest BCUT2D eigenvalue weighted by Gasteiger charge is 2.18. The van der Waals surface area contributed by atoms with E-state index in [1.807, 2.05) is 18.2 Å². The molecular formula is C21H23N3O4. The van der Waals surface area contributed by atoms with E-state index in [0.717, 1.165) is 31.2 Å². The Morgan fingerprint density at radius 1 is 1.00 bits per heavy atom. The van der Waals surface area contributed by atoms with Gasteiger partial charge in [0.2, 0.25) is 6.79 Å². The molecular weight excluding hydrogens is 358 g/mol. The molecule has 0 radical (unpaired) electrons. The van der Waals surface area contributed by atoms with E-state index in [1.165, 1.54) is 18.7 Å². The number of rotatable bonds is 5. The minimum Gasteiger partial charge on any atom is -0.454 e. The molecule has 28 heavy (non-hydrogen) atoms. The van der Waals surface area contributed by atoms with Crippen LogP contribution < -0.4 is 20.1 Å². The first-order valence-electron chi connectivity index (χ1n) is 9.63. The van der Waals surface area contributed by atoms with Gasteiger partial charge in [-0.15, -0.1) is 0 Å². The molecule has 2 aliphatic rings. The predicted molar refractivity (Wildman–Crippen MR) is 102 cm³/mol. The standard InChI is InChI=1S/C21H23N3O4/c25-20(24-16-4-2-1-3-5-16)15-8-9-22-17(11-15)21(26)23-12-14-6-7-18-19(10-14)28-13-27-18/h6-11,16H,1-5,12-13H2,(H,23,26)(H,24,25). The Kier molecular flexibility index (Phi) is 5.41. The SMILES string of the molecule is O=C(NC1CCCCC1)c1ccnc(C(=O)NCc2ccc3c(c2)OCO3)c1. The normalized spacial score (nSPS) is 15.9. The Labute approximate surface area is 163 Å². The maximum Gasteiger partial charge on any atom is 0.270 e. The third kappa shape index (κ3) is 4.24. The molecule has 2 amide bonds. The quantitative estimate of drug-likeness (QED) is 0.831. The van der Waals surface area contributed by atoms with Crippen molar-refractivity contribution in [2.24, 2.45) is 0 Å². The molecule has 2 N–H and O–H groups in total. The average molecular weight is 381 g/mol. The number of ether oxygens (including phenoxy) is 2. The Morgan fingerprint density at radius 3 is 2.68 bits per heavy atom. The molecule has 7 heteroatoms. The minimum atomic E-state index is -0.329. The lowest BCUT2D eigenvalue weighted by molar-refractivity contribution is 0.0927. The van der Waals surface area contributed by atoms with Gasteiger partial charge in [0.1, 0.15) is 5.69 Å². The molecule has 0 bridgehead atoms. The third-order valence-corrected chi connectivity index (χ3v) is 5.09. The molecule has 0 atom stereocenters. The number of nitrogens with zero attached hydrogens (tertiary/aromatic N) is 1. The highest BCUT2D eigenvalue weighted by Crippen LogP contribution is 2.32. The molecule has 2 aromatic rings. The second-order valence-corrected chi connectivity index (χ2v) is 7.11. The summed E-state index contributed by atoms with van der Waals surface area (Å²) in [6, 6.07) is 8.91. The highest BCUT2D eigenvalue weighted by atomic mass is 16.7. The van der Waals surface area contributed by atoms with Gasteiger partial charge in [-0.2, -0.15) is 0 Å². The smallest absolute Gasteiger partial charge is 0.270 e. The summed E-state index contributed by atoms with van der Waals surface area (Å²) in [6.45, 7) is 0.542. The molecule has 1 aromatic heterocycles. The predicted octanol–water partition coefficient (Wildman–Crippen LogP) is 2.80. The fourth-order valence-electron chi connectivity index (χ4n) is 3.54. The highest BCUT2D eigenvalue weighted by molar-refractivity contribution is 5.98. The van der Waals surface area contributed by atoms with Crippen molar-refractivity contribution in [2.45, 2.75) is 44.7 Å². The summed E-state index contributed by atoms with van der Waals surface area (Å²) >= 11 is 0. The molecule has 1 aromatic carbocycles. The van der Waals surface area contributed by atoms with Crippen LogP contribution in [-0.4, -0.2) is 29.6 Å². The second-order valence-electron chi connectivity index (χ2n) is 7.11. The van der Waals surface area contributed by atoms with Gasteiger partial charge in [-0.1, -0.05) is 25.3 Å². The number of benzene rings is 1. The van der Waals surface area contributed by atoms with E-state index in [4.69, 9.17) is 9.47 Å². The Bertz CT molecular complexity index is 878. The van der Waals surface area contributed by atoms with Crippen LogP contribution in [-0.2, 0) is 6.54 Å². The molecule has 1 aliphatic heterocycles. The first kappa shape index (κ1) is 18.3. The Balaban J connectivity index is 1.36. The van der Waals surface area contributed by atoms with Crippen molar-refractivity contribution in [1.29, 1.82) is 0 Å². The van der Waals surface area contributed by atoms with Crippen molar-refractivity contribution in [2.75, 3.05) is 6.79 Å². The molecule has 1 saturated carbocycles. The zero-order valence-electron chi connectivity index (χ0n) is 15.6. The van der Waals surface area contributed by atoms with Crippen LogP contribution in [0.2, 0.25) is 0 Å². The van der Waals surface area contributed by atoms with Gasteiger partial charge in [0.05, 0.1) is 0 Å². The zero-order chi connectivity index (χ0) is 19.3. The van der Waals surface area contributed by atoms with E-state index < -0.39 is 0 Å². The third-order valence-electron chi connectivity index (χ3n) is 5.09. The summed E-state index contributed by atoms with van der Waals surface area (Å²) < 4.78 is 10.6. The first-order chi connectivity index (χ1) is 13.7. The summed E-state index contributed by atoms with van der Waals surface area (Å²) in [7, 11) is 0. The summed E-state index contributed by atoms with van der Waals surface area (Å²) in [5, 5.41) is 5.88. The number of hydrogen-bond acceptors (Lipinski definition) is 5. The van der Waals surface area contributed by atoms with Crippen molar-refractivity contribution >= 4 is 11.8 Å². The van der Waals surface area contributed by atoms with Crippen LogP contribution in [0.5, 0.6) is 11.5 Å². The number of hydrogen-bond donors (Lipinski definition) is 2. The van der Waals surface area contributed by atoms with Gasteiger partial charge in [-0.3, -0.25) is 14.6 Å². The van der Waals surface area contributed by atoms with Crippen molar-refractivity contribution in [1.82, 2.24) is 15.6 Å². The van der Waals surface area contributed by atoms with Gasteiger partial charge in [0.15, 0.2) is 11.5 Å². The summed E-state index contributed by atoms with van der Waals surface area (Å²) in [6.07, 6.45) is 7.05. The monoisotopic (exact) mass is 381 g/mol.